The molecule has 0 aliphatic heterocycles. The number of rotatable bonds is 34. The van der Waals surface area contributed by atoms with Crippen molar-refractivity contribution in [2.45, 2.75) is 58.3 Å². The Labute approximate surface area is 284 Å². The zero-order valence-electron chi connectivity index (χ0n) is 29.1. The average Bonchev–Trinajstić information content (AvgIpc) is 3.05. The van der Waals surface area contributed by atoms with Gasteiger partial charge in [0.25, 0.3) is 0 Å². The van der Waals surface area contributed by atoms with E-state index in [4.69, 9.17) is 29.9 Å². The topological polar surface area (TPSA) is 155 Å². The van der Waals surface area contributed by atoms with E-state index >= 15 is 0 Å². The lowest BCUT2D eigenvalue weighted by molar-refractivity contribution is -0.143. The predicted molar refractivity (Wildman–Crippen MR) is 187 cm³/mol. The molecule has 0 aliphatic rings. The van der Waals surface area contributed by atoms with Crippen LogP contribution >= 0.6 is 0 Å². The van der Waals surface area contributed by atoms with Crippen LogP contribution in [-0.4, -0.2) is 159 Å². The summed E-state index contributed by atoms with van der Waals surface area (Å²) in [5.41, 5.74) is 0. The van der Waals surface area contributed by atoms with E-state index in [-0.39, 0.29) is 51.6 Å². The van der Waals surface area contributed by atoms with Crippen LogP contribution in [0.1, 0.15) is 58.3 Å². The van der Waals surface area contributed by atoms with E-state index in [1.54, 1.807) is 0 Å². The summed E-state index contributed by atoms with van der Waals surface area (Å²) in [6.45, 7) is 14.4. The van der Waals surface area contributed by atoms with Gasteiger partial charge in [0.05, 0.1) is 39.3 Å². The summed E-state index contributed by atoms with van der Waals surface area (Å²) in [6, 6.07) is 0. The predicted octanol–water partition coefficient (Wildman–Crippen LogP) is 1.59. The highest BCUT2D eigenvalue weighted by Crippen LogP contribution is 2.13. The van der Waals surface area contributed by atoms with Gasteiger partial charge >= 0.3 is 11.9 Å². The number of nitrogens with one attached hydrogen (secondary N) is 1. The van der Waals surface area contributed by atoms with Crippen LogP contribution in [0.15, 0.2) is 37.0 Å². The number of aliphatic hydroxyl groups excluding tert-OH is 4. The number of hydrogen-bond acceptors (Lipinski definition) is 12. The van der Waals surface area contributed by atoms with Gasteiger partial charge in [-0.25, -0.2) is 0 Å². The second-order valence-corrected chi connectivity index (χ2v) is 11.5. The minimum Gasteiger partial charge on any atom is -0.461 e. The van der Waals surface area contributed by atoms with Crippen molar-refractivity contribution in [3.63, 3.8) is 0 Å². The van der Waals surface area contributed by atoms with Gasteiger partial charge in [-0.05, 0) is 77.2 Å². The molecule has 0 aliphatic carbocycles. The van der Waals surface area contributed by atoms with E-state index in [9.17, 15) is 9.59 Å². The molecule has 0 fully saturated rings. The molecule has 274 valence electrons. The molecule has 47 heavy (non-hydrogen) atoms. The second kappa shape index (κ2) is 33.7. The molecular weight excluding hydrogens is 604 g/mol. The minimum atomic E-state index is -0.242. The fraction of sp³-hybridized carbons (Fsp3) is 0.771. The first-order valence-corrected chi connectivity index (χ1v) is 17.5. The van der Waals surface area contributed by atoms with Gasteiger partial charge in [0, 0.05) is 39.3 Å². The Morgan fingerprint density at radius 3 is 1.77 bits per heavy atom. The molecule has 0 aromatic heterocycles. The van der Waals surface area contributed by atoms with Crippen LogP contribution in [0.25, 0.3) is 0 Å². The molecule has 0 bridgehead atoms. The van der Waals surface area contributed by atoms with Crippen LogP contribution in [0.5, 0.6) is 0 Å². The maximum absolute atomic E-state index is 12.3. The minimum absolute atomic E-state index is 0.0730. The molecule has 0 amide bonds. The molecule has 5 N–H and O–H groups in total. The highest BCUT2D eigenvalue weighted by atomic mass is 16.5. The monoisotopic (exact) mass is 670 g/mol. The van der Waals surface area contributed by atoms with Gasteiger partial charge in [-0.15, -0.1) is 6.58 Å². The largest absolute Gasteiger partial charge is 0.461 e. The molecule has 0 aromatic rings. The summed E-state index contributed by atoms with van der Waals surface area (Å²) in [5.74, 6) is -0.154. The van der Waals surface area contributed by atoms with Gasteiger partial charge < -0.3 is 40.1 Å². The van der Waals surface area contributed by atoms with E-state index in [1.807, 2.05) is 40.2 Å². The van der Waals surface area contributed by atoms with Crippen LogP contribution in [0.3, 0.4) is 0 Å². The first kappa shape index (κ1) is 44.8. The van der Waals surface area contributed by atoms with Crippen LogP contribution in [-0.2, 0) is 19.1 Å². The van der Waals surface area contributed by atoms with Crippen LogP contribution < -0.4 is 5.32 Å². The third-order valence-electron chi connectivity index (χ3n) is 7.61. The Bertz CT molecular complexity index is 802. The fourth-order valence-electron chi connectivity index (χ4n) is 4.99. The summed E-state index contributed by atoms with van der Waals surface area (Å²) in [6.07, 6.45) is 15.7. The third-order valence-corrected chi connectivity index (χ3v) is 7.61. The molecule has 0 saturated carbocycles. The second-order valence-electron chi connectivity index (χ2n) is 11.5. The van der Waals surface area contributed by atoms with Gasteiger partial charge in [0.2, 0.25) is 0 Å². The molecule has 0 heterocycles. The average molecular weight is 671 g/mol. The van der Waals surface area contributed by atoms with Crippen LogP contribution in [0, 0.1) is 5.92 Å². The van der Waals surface area contributed by atoms with E-state index in [0.717, 1.165) is 71.2 Å². The van der Waals surface area contributed by atoms with Crippen molar-refractivity contribution in [1.29, 1.82) is 0 Å². The number of carbonyl (C=O) groups is 2. The number of allylic oxidation sites excluding steroid dienone is 3. The number of esters is 2. The summed E-state index contributed by atoms with van der Waals surface area (Å²) in [7, 11) is 0. The van der Waals surface area contributed by atoms with E-state index in [2.05, 4.69) is 23.7 Å². The fourth-order valence-corrected chi connectivity index (χ4v) is 4.99. The van der Waals surface area contributed by atoms with Crippen molar-refractivity contribution >= 4 is 11.9 Å². The molecule has 0 rings (SSSR count). The molecule has 0 saturated heterocycles. The summed E-state index contributed by atoms with van der Waals surface area (Å²) < 4.78 is 10.6. The number of ether oxygens (including phenoxy) is 2. The number of carbonyl (C=O) groups excluding carboxylic acids is 2. The normalized spacial score (nSPS) is 12.6. The number of aliphatic hydroxyl groups is 4. The summed E-state index contributed by atoms with van der Waals surface area (Å²) >= 11 is 0. The lowest BCUT2D eigenvalue weighted by Crippen LogP contribution is -2.34. The van der Waals surface area contributed by atoms with E-state index < -0.39 is 0 Å². The third kappa shape index (κ3) is 28.6. The maximum Gasteiger partial charge on any atom is 0.307 e. The Morgan fingerprint density at radius 1 is 0.681 bits per heavy atom. The molecule has 0 aromatic carbocycles. The standard InChI is InChI=1S/C35H66N4O8/c1-3-18-37(20-11-21-39(25-29-42)26-30-43)22-15-35(45)47-32-9-7-13-33(4-2)12-6-5-8-31-46-34(44)14-17-36-16-10-19-38(23-27-40)24-28-41/h4-5,7-9,33,36,40-43H,2-3,6,10-32H2,1H3/b8-5+,9-7-. The smallest absolute Gasteiger partial charge is 0.307 e. The lowest BCUT2D eigenvalue weighted by atomic mass is 9.99. The Balaban J connectivity index is 4.01. The molecule has 12 nitrogen and oxygen atoms in total. The van der Waals surface area contributed by atoms with Crippen molar-refractivity contribution in [1.82, 2.24) is 20.0 Å². The quantitative estimate of drug-likeness (QED) is 0.0384. The van der Waals surface area contributed by atoms with Gasteiger partial charge in [0.15, 0.2) is 0 Å². The van der Waals surface area contributed by atoms with Crippen LogP contribution in [0.4, 0.5) is 0 Å². The maximum atomic E-state index is 12.3. The SMILES string of the molecule is C=CC(C/C=C\COC(=O)CCN(CCC)CCCN(CCO)CCO)CC/C=C/COC(=O)CCNCCCN(CCO)CCO. The van der Waals surface area contributed by atoms with E-state index in [0.29, 0.717) is 58.0 Å². The van der Waals surface area contributed by atoms with Gasteiger partial charge in [-0.3, -0.25) is 19.4 Å². The van der Waals surface area contributed by atoms with Crippen molar-refractivity contribution < 1.29 is 39.5 Å². The number of nitrogens with zero attached hydrogens (tertiary/aromatic N) is 3. The first-order chi connectivity index (χ1) is 22.9. The highest BCUT2D eigenvalue weighted by Gasteiger charge is 2.10. The molecule has 12 heteroatoms. The van der Waals surface area contributed by atoms with E-state index in [1.165, 1.54) is 0 Å². The van der Waals surface area contributed by atoms with Gasteiger partial charge in [-0.2, -0.15) is 0 Å². The van der Waals surface area contributed by atoms with Gasteiger partial charge in [-0.1, -0.05) is 37.3 Å². The Hall–Kier alpha value is -2.16. The first-order valence-electron chi connectivity index (χ1n) is 17.5. The molecule has 0 spiro atoms. The van der Waals surface area contributed by atoms with Crippen molar-refractivity contribution in [2.24, 2.45) is 5.92 Å². The van der Waals surface area contributed by atoms with Crippen LogP contribution in [0.2, 0.25) is 0 Å². The zero-order valence-corrected chi connectivity index (χ0v) is 29.1. The zero-order chi connectivity index (χ0) is 34.8. The van der Waals surface area contributed by atoms with Crippen molar-refractivity contribution in [3.05, 3.63) is 37.0 Å². The van der Waals surface area contributed by atoms with Crippen molar-refractivity contribution in [3.8, 4) is 0 Å². The summed E-state index contributed by atoms with van der Waals surface area (Å²) in [5, 5.41) is 39.6. The molecular formula is C35H66N4O8. The number of hydrogen-bond donors (Lipinski definition) is 5. The lowest BCUT2D eigenvalue weighted by Gasteiger charge is -2.24. The van der Waals surface area contributed by atoms with Crippen molar-refractivity contribution in [2.75, 3.05) is 112 Å². The Morgan fingerprint density at radius 2 is 1.21 bits per heavy atom. The Kier molecular flexibility index (Phi) is 32.2. The molecule has 1 atom stereocenters. The molecule has 0 radical (unpaired) electrons. The van der Waals surface area contributed by atoms with Gasteiger partial charge in [0.1, 0.15) is 13.2 Å². The summed E-state index contributed by atoms with van der Waals surface area (Å²) in [4.78, 5) is 30.5. The highest BCUT2D eigenvalue weighted by molar-refractivity contribution is 5.70. The molecule has 1 unspecified atom stereocenters.